The molecule has 1 heterocycles. The number of alkyl halides is 6. The highest BCUT2D eigenvalue weighted by Gasteiger charge is 2.78. The first-order chi connectivity index (χ1) is 11.6. The third-order valence-electron chi connectivity index (χ3n) is 5.11. The summed E-state index contributed by atoms with van der Waals surface area (Å²) in [6, 6.07) is 9.53. The summed E-state index contributed by atoms with van der Waals surface area (Å²) in [5.41, 5.74) is -1.45. The summed E-state index contributed by atoms with van der Waals surface area (Å²) in [4.78, 5) is 0. The molecule has 0 bridgehead atoms. The highest BCUT2D eigenvalue weighted by molar-refractivity contribution is 5.56. The predicted molar refractivity (Wildman–Crippen MR) is 77.0 cm³/mol. The van der Waals surface area contributed by atoms with Crippen LogP contribution in [-0.2, 0) is 22.5 Å². The van der Waals surface area contributed by atoms with Crippen LogP contribution in [0.2, 0.25) is 0 Å². The van der Waals surface area contributed by atoms with Gasteiger partial charge in [-0.2, -0.15) is 26.3 Å². The van der Waals surface area contributed by atoms with Crippen LogP contribution >= 0.6 is 0 Å². The van der Waals surface area contributed by atoms with Gasteiger partial charge in [0.05, 0.1) is 23.1 Å². The van der Waals surface area contributed by atoms with E-state index in [-0.39, 0.29) is 0 Å². The Kier molecular flexibility index (Phi) is 3.15. The molecular formula is C18H12F6O. The van der Waals surface area contributed by atoms with Gasteiger partial charge in [0.2, 0.25) is 0 Å². The summed E-state index contributed by atoms with van der Waals surface area (Å²) in [5.74, 6) is 0. The molecule has 1 unspecified atom stereocenters. The van der Waals surface area contributed by atoms with Gasteiger partial charge in [0.15, 0.2) is 0 Å². The Hall–Kier alpha value is -2.02. The van der Waals surface area contributed by atoms with E-state index in [9.17, 15) is 26.3 Å². The minimum absolute atomic E-state index is 0.453. The van der Waals surface area contributed by atoms with Gasteiger partial charge < -0.3 is 4.74 Å². The van der Waals surface area contributed by atoms with Gasteiger partial charge in [0.25, 0.3) is 0 Å². The largest absolute Gasteiger partial charge is 0.416 e. The van der Waals surface area contributed by atoms with Crippen LogP contribution in [0.3, 0.4) is 0 Å². The average molecular weight is 358 g/mol. The van der Waals surface area contributed by atoms with Crippen molar-refractivity contribution in [3.8, 4) is 0 Å². The number of benzene rings is 2. The molecule has 1 atom stereocenters. The maximum absolute atomic E-state index is 12.7. The second kappa shape index (κ2) is 4.78. The van der Waals surface area contributed by atoms with Gasteiger partial charge in [0, 0.05) is 0 Å². The van der Waals surface area contributed by atoms with Crippen LogP contribution in [0.15, 0.2) is 48.5 Å². The summed E-state index contributed by atoms with van der Waals surface area (Å²) >= 11 is 0. The Morgan fingerprint density at radius 2 is 1.04 bits per heavy atom. The summed E-state index contributed by atoms with van der Waals surface area (Å²) in [5, 5.41) is 0. The molecule has 1 saturated carbocycles. The summed E-state index contributed by atoms with van der Waals surface area (Å²) in [6.07, 6.45) is -8.31. The predicted octanol–water partition coefficient (Wildman–Crippen LogP) is 5.18. The molecule has 1 aliphatic carbocycles. The van der Waals surface area contributed by atoms with E-state index in [0.717, 1.165) is 24.3 Å². The molecule has 0 aromatic heterocycles. The van der Waals surface area contributed by atoms with Crippen LogP contribution in [0.1, 0.15) is 28.7 Å². The molecule has 1 saturated heterocycles. The van der Waals surface area contributed by atoms with E-state index in [0.29, 0.717) is 24.2 Å². The number of hydrogen-bond donors (Lipinski definition) is 0. The molecule has 1 nitrogen and oxygen atoms in total. The molecule has 7 heteroatoms. The van der Waals surface area contributed by atoms with Crippen LogP contribution in [0, 0.1) is 0 Å². The fourth-order valence-corrected chi connectivity index (χ4v) is 3.60. The van der Waals surface area contributed by atoms with Gasteiger partial charge in [-0.1, -0.05) is 24.3 Å². The van der Waals surface area contributed by atoms with Crippen LogP contribution in [-0.4, -0.2) is 12.2 Å². The average Bonchev–Trinajstić information content (AvgIpc) is 3.45. The SMILES string of the molecule is FC(F)(F)c1ccc(C2(c3ccc(C(F)(F)F)cc3)CC23CO3)cc1. The quantitative estimate of drug-likeness (QED) is 0.532. The molecule has 2 aromatic carbocycles. The lowest BCUT2D eigenvalue weighted by Gasteiger charge is -2.19. The first-order valence-corrected chi connectivity index (χ1v) is 7.58. The van der Waals surface area contributed by atoms with Crippen molar-refractivity contribution in [3.63, 3.8) is 0 Å². The lowest BCUT2D eigenvalue weighted by molar-refractivity contribution is -0.138. The highest BCUT2D eigenvalue weighted by Crippen LogP contribution is 2.70. The van der Waals surface area contributed by atoms with Crippen molar-refractivity contribution in [1.82, 2.24) is 0 Å². The van der Waals surface area contributed by atoms with Gasteiger partial charge in [-0.25, -0.2) is 0 Å². The second-order valence-electron chi connectivity index (χ2n) is 6.52. The Morgan fingerprint density at radius 1 is 0.680 bits per heavy atom. The van der Waals surface area contributed by atoms with Crippen molar-refractivity contribution in [3.05, 3.63) is 70.8 Å². The standard InChI is InChI=1S/C18H12F6O/c19-17(20,21)13-5-1-11(2-6-13)16(9-15(16)10-25-15)12-3-7-14(8-4-12)18(22,23)24/h1-8H,9-10H2. The van der Waals surface area contributed by atoms with Crippen molar-refractivity contribution in [1.29, 1.82) is 0 Å². The summed E-state index contributed by atoms with van der Waals surface area (Å²) in [7, 11) is 0. The third-order valence-corrected chi connectivity index (χ3v) is 5.11. The lowest BCUT2D eigenvalue weighted by Crippen LogP contribution is -2.17. The van der Waals surface area contributed by atoms with Gasteiger partial charge in [-0.3, -0.25) is 0 Å². The van der Waals surface area contributed by atoms with Crippen molar-refractivity contribution in [2.45, 2.75) is 29.8 Å². The fourth-order valence-electron chi connectivity index (χ4n) is 3.60. The van der Waals surface area contributed by atoms with E-state index >= 15 is 0 Å². The van der Waals surface area contributed by atoms with E-state index in [1.54, 1.807) is 0 Å². The topological polar surface area (TPSA) is 12.5 Å². The molecule has 4 rings (SSSR count). The molecule has 25 heavy (non-hydrogen) atoms. The van der Waals surface area contributed by atoms with Crippen LogP contribution < -0.4 is 0 Å². The van der Waals surface area contributed by atoms with E-state index in [2.05, 4.69) is 0 Å². The molecule has 1 aliphatic heterocycles. The highest BCUT2D eigenvalue weighted by atomic mass is 19.4. The smallest absolute Gasteiger partial charge is 0.368 e. The molecule has 2 fully saturated rings. The normalized spacial score (nSPS) is 24.4. The third kappa shape index (κ3) is 2.44. The Bertz CT molecular complexity index is 740. The number of ether oxygens (including phenoxy) is 1. The zero-order valence-corrected chi connectivity index (χ0v) is 12.7. The first-order valence-electron chi connectivity index (χ1n) is 7.58. The fraction of sp³-hybridized carbons (Fsp3) is 0.333. The van der Waals surface area contributed by atoms with E-state index < -0.39 is 34.5 Å². The number of halogens is 6. The minimum atomic E-state index is -4.43. The van der Waals surface area contributed by atoms with E-state index in [1.807, 2.05) is 0 Å². The molecule has 0 N–H and O–H groups in total. The van der Waals surface area contributed by atoms with E-state index in [4.69, 9.17) is 4.74 Å². The molecule has 0 radical (unpaired) electrons. The molecule has 2 aliphatic rings. The van der Waals surface area contributed by atoms with Crippen molar-refractivity contribution in [2.24, 2.45) is 0 Å². The van der Waals surface area contributed by atoms with Gasteiger partial charge in [-0.05, 0) is 41.8 Å². The van der Waals surface area contributed by atoms with Gasteiger partial charge >= 0.3 is 12.4 Å². The molecule has 132 valence electrons. The first kappa shape index (κ1) is 16.4. The van der Waals surface area contributed by atoms with Crippen molar-refractivity contribution >= 4 is 0 Å². The number of epoxide rings is 1. The molecule has 1 spiro atoms. The van der Waals surface area contributed by atoms with Crippen molar-refractivity contribution in [2.75, 3.05) is 6.61 Å². The Balaban J connectivity index is 1.72. The maximum atomic E-state index is 12.7. The van der Waals surface area contributed by atoms with Crippen LogP contribution in [0.4, 0.5) is 26.3 Å². The van der Waals surface area contributed by atoms with Crippen molar-refractivity contribution < 1.29 is 31.1 Å². The van der Waals surface area contributed by atoms with Gasteiger partial charge in [0.1, 0.15) is 5.60 Å². The monoisotopic (exact) mass is 358 g/mol. The summed E-state index contributed by atoms with van der Waals surface area (Å²) in [6.45, 7) is 0.453. The van der Waals surface area contributed by atoms with Crippen LogP contribution in [0.5, 0.6) is 0 Å². The maximum Gasteiger partial charge on any atom is 0.416 e. The number of rotatable bonds is 2. The Morgan fingerprint density at radius 3 is 1.28 bits per heavy atom. The zero-order chi connectivity index (χ0) is 18.1. The molecular weight excluding hydrogens is 346 g/mol. The molecule has 2 aromatic rings. The lowest BCUT2D eigenvalue weighted by atomic mass is 9.85. The van der Waals surface area contributed by atoms with Crippen LogP contribution in [0.25, 0.3) is 0 Å². The van der Waals surface area contributed by atoms with Gasteiger partial charge in [-0.15, -0.1) is 0 Å². The summed E-state index contributed by atoms with van der Waals surface area (Å²) < 4.78 is 81.9. The molecule has 0 amide bonds. The number of hydrogen-bond acceptors (Lipinski definition) is 1. The van der Waals surface area contributed by atoms with E-state index in [1.165, 1.54) is 24.3 Å². The zero-order valence-electron chi connectivity index (χ0n) is 12.7. The Labute approximate surface area is 139 Å². The minimum Gasteiger partial charge on any atom is -0.368 e. The second-order valence-corrected chi connectivity index (χ2v) is 6.52.